The molecule has 2 fully saturated rings. The van der Waals surface area contributed by atoms with Gasteiger partial charge < -0.3 is 0 Å². The van der Waals surface area contributed by atoms with Crippen LogP contribution in [-0.4, -0.2) is 17.1 Å². The number of Topliss-reactive ketones (excluding diaryl/α,β-unsaturated/α-hetero) is 1. The van der Waals surface area contributed by atoms with Crippen molar-refractivity contribution in [3.05, 3.63) is 11.1 Å². The first-order chi connectivity index (χ1) is 11.6. The summed E-state index contributed by atoms with van der Waals surface area (Å²) in [6, 6.07) is 0. The van der Waals surface area contributed by atoms with Crippen LogP contribution in [0.5, 0.6) is 0 Å². The molecule has 4 aliphatic rings. The van der Waals surface area contributed by atoms with Crippen molar-refractivity contribution >= 4 is 18.1 Å². The monoisotopic (exact) mass is 354 g/mol. The summed E-state index contributed by atoms with van der Waals surface area (Å²) in [4.78, 5) is 12.4. The Morgan fingerprint density at radius 1 is 1.17 bits per heavy atom. The third-order valence-corrected chi connectivity index (χ3v) is 7.74. The summed E-state index contributed by atoms with van der Waals surface area (Å²) in [5.41, 5.74) is 3.22. The SMILES string of the molecule is CC12CCC3C4=C(CCC3C1CCC2=O)CC(OSOOO)CC4. The van der Waals surface area contributed by atoms with Crippen LogP contribution >= 0.6 is 12.3 Å². The number of rotatable bonds is 4. The molecule has 5 atom stereocenters. The van der Waals surface area contributed by atoms with E-state index in [9.17, 15) is 4.79 Å². The van der Waals surface area contributed by atoms with Crippen LogP contribution in [0, 0.1) is 23.2 Å². The Morgan fingerprint density at radius 2 is 2.04 bits per heavy atom. The first kappa shape index (κ1) is 17.0. The van der Waals surface area contributed by atoms with Gasteiger partial charge in [0, 0.05) is 11.8 Å². The van der Waals surface area contributed by atoms with Crippen LogP contribution < -0.4 is 0 Å². The number of carbonyl (C=O) groups is 1. The van der Waals surface area contributed by atoms with E-state index in [1.54, 1.807) is 11.1 Å². The molecule has 0 bridgehead atoms. The quantitative estimate of drug-likeness (QED) is 0.261. The molecule has 1 N–H and O–H groups in total. The molecule has 4 aliphatic carbocycles. The van der Waals surface area contributed by atoms with E-state index >= 15 is 0 Å². The van der Waals surface area contributed by atoms with Crippen LogP contribution in [0.4, 0.5) is 0 Å². The molecule has 4 rings (SSSR count). The summed E-state index contributed by atoms with van der Waals surface area (Å²) < 4.78 is 9.87. The van der Waals surface area contributed by atoms with E-state index in [0.717, 1.165) is 44.9 Å². The molecule has 0 aliphatic heterocycles. The molecule has 0 radical (unpaired) electrons. The topological polar surface area (TPSA) is 65.0 Å². The zero-order valence-corrected chi connectivity index (χ0v) is 15.0. The number of ketones is 1. The summed E-state index contributed by atoms with van der Waals surface area (Å²) >= 11 is 0.702. The summed E-state index contributed by atoms with van der Waals surface area (Å²) in [5, 5.41) is 11.7. The van der Waals surface area contributed by atoms with Gasteiger partial charge in [0.1, 0.15) is 5.78 Å². The Morgan fingerprint density at radius 3 is 2.88 bits per heavy atom. The number of hydrogen-bond acceptors (Lipinski definition) is 6. The fourth-order valence-corrected chi connectivity index (χ4v) is 6.44. The third-order valence-electron chi connectivity index (χ3n) is 7.27. The van der Waals surface area contributed by atoms with Gasteiger partial charge >= 0.3 is 0 Å². The van der Waals surface area contributed by atoms with Gasteiger partial charge in [-0.2, -0.15) is 0 Å². The standard InChI is InChI=1S/C18H26O5S/c1-18-9-8-14-13-5-3-12(21-24-23-22-20)10-11(13)2-4-15(14)16(18)6-7-17(18)19/h12,14-16,20H,2-10H2,1H3. The zero-order valence-electron chi connectivity index (χ0n) is 14.2. The minimum absolute atomic E-state index is 0.0299. The van der Waals surface area contributed by atoms with Gasteiger partial charge in [0.25, 0.3) is 0 Å². The molecular formula is C18H26O5S. The molecule has 0 aromatic carbocycles. The summed E-state index contributed by atoms with van der Waals surface area (Å²) in [7, 11) is 0. The summed E-state index contributed by atoms with van der Waals surface area (Å²) in [5.74, 6) is 2.54. The Bertz CT molecular complexity index is 548. The molecule has 0 heterocycles. The van der Waals surface area contributed by atoms with E-state index in [4.69, 9.17) is 9.44 Å². The van der Waals surface area contributed by atoms with Crippen LogP contribution in [0.1, 0.15) is 64.7 Å². The van der Waals surface area contributed by atoms with Gasteiger partial charge in [-0.15, -0.1) is 4.33 Å². The largest absolute Gasteiger partial charge is 0.299 e. The predicted octanol–water partition coefficient (Wildman–Crippen LogP) is 4.64. The average Bonchev–Trinajstić information content (AvgIpc) is 2.90. The van der Waals surface area contributed by atoms with Crippen molar-refractivity contribution in [1.29, 1.82) is 0 Å². The maximum atomic E-state index is 12.4. The lowest BCUT2D eigenvalue weighted by Crippen LogP contribution is -2.44. The molecule has 24 heavy (non-hydrogen) atoms. The second kappa shape index (κ2) is 6.72. The Labute approximate surface area is 147 Å². The second-order valence-corrected chi connectivity index (χ2v) is 8.60. The normalized spacial score (nSPS) is 41.8. The minimum Gasteiger partial charge on any atom is -0.299 e. The molecule has 0 aromatic heterocycles. The Kier molecular flexibility index (Phi) is 4.77. The van der Waals surface area contributed by atoms with Gasteiger partial charge in [-0.1, -0.05) is 23.1 Å². The molecule has 5 nitrogen and oxygen atoms in total. The van der Waals surface area contributed by atoms with E-state index < -0.39 is 0 Å². The highest BCUT2D eigenvalue weighted by Crippen LogP contribution is 2.60. The maximum Gasteiger partial charge on any atom is 0.197 e. The van der Waals surface area contributed by atoms with Crippen LogP contribution in [0.25, 0.3) is 0 Å². The summed E-state index contributed by atoms with van der Waals surface area (Å²) in [6.07, 6.45) is 9.73. The van der Waals surface area contributed by atoms with Gasteiger partial charge in [0.15, 0.2) is 12.3 Å². The molecular weight excluding hydrogens is 328 g/mol. The van der Waals surface area contributed by atoms with Crippen LogP contribution in [0.15, 0.2) is 11.1 Å². The van der Waals surface area contributed by atoms with Gasteiger partial charge in [-0.05, 0) is 69.1 Å². The zero-order chi connectivity index (χ0) is 16.7. The molecule has 6 heteroatoms. The average molecular weight is 354 g/mol. The van der Waals surface area contributed by atoms with Crippen molar-refractivity contribution in [1.82, 2.24) is 0 Å². The van der Waals surface area contributed by atoms with E-state index in [1.165, 1.54) is 12.8 Å². The molecule has 0 spiro atoms. The van der Waals surface area contributed by atoms with Crippen LogP contribution in [0.2, 0.25) is 0 Å². The first-order valence-electron chi connectivity index (χ1n) is 9.18. The van der Waals surface area contributed by atoms with Crippen LogP contribution in [-0.2, 0) is 18.3 Å². The molecule has 2 saturated carbocycles. The lowest BCUT2D eigenvalue weighted by molar-refractivity contribution is -0.434. The highest BCUT2D eigenvalue weighted by molar-refractivity contribution is 7.89. The molecule has 134 valence electrons. The van der Waals surface area contributed by atoms with E-state index in [2.05, 4.69) is 16.3 Å². The van der Waals surface area contributed by atoms with Crippen molar-refractivity contribution < 1.29 is 23.6 Å². The summed E-state index contributed by atoms with van der Waals surface area (Å²) in [6.45, 7) is 2.23. The van der Waals surface area contributed by atoms with E-state index in [0.29, 0.717) is 35.9 Å². The number of hydrogen-bond donors (Lipinski definition) is 1. The Hall–Kier alpha value is -0.400. The highest BCUT2D eigenvalue weighted by atomic mass is 32.2. The number of fused-ring (bicyclic) bond motifs is 4. The Balaban J connectivity index is 1.47. The van der Waals surface area contributed by atoms with Crippen molar-refractivity contribution in [2.75, 3.05) is 0 Å². The third kappa shape index (κ3) is 2.76. The fraction of sp³-hybridized carbons (Fsp3) is 0.833. The van der Waals surface area contributed by atoms with Gasteiger partial charge in [-0.3, -0.25) is 8.98 Å². The van der Waals surface area contributed by atoms with Crippen molar-refractivity contribution in [3.8, 4) is 0 Å². The number of allylic oxidation sites excluding steroid dienone is 1. The van der Waals surface area contributed by atoms with Gasteiger partial charge in [-0.25, -0.2) is 5.26 Å². The smallest absolute Gasteiger partial charge is 0.197 e. The van der Waals surface area contributed by atoms with Gasteiger partial charge in [0.2, 0.25) is 0 Å². The fourth-order valence-electron chi connectivity index (χ4n) is 6.11. The predicted molar refractivity (Wildman–Crippen MR) is 89.4 cm³/mol. The molecule has 0 saturated heterocycles. The lowest BCUT2D eigenvalue weighted by atomic mass is 9.54. The van der Waals surface area contributed by atoms with E-state index in [-0.39, 0.29) is 11.5 Å². The molecule has 5 unspecified atom stereocenters. The highest BCUT2D eigenvalue weighted by Gasteiger charge is 2.55. The first-order valence-corrected chi connectivity index (χ1v) is 9.84. The minimum atomic E-state index is -0.0299. The van der Waals surface area contributed by atoms with E-state index in [1.807, 2.05) is 0 Å². The van der Waals surface area contributed by atoms with Crippen molar-refractivity contribution in [2.24, 2.45) is 23.2 Å². The van der Waals surface area contributed by atoms with Crippen LogP contribution in [0.3, 0.4) is 0 Å². The van der Waals surface area contributed by atoms with Crippen molar-refractivity contribution in [3.63, 3.8) is 0 Å². The molecule has 0 amide bonds. The van der Waals surface area contributed by atoms with Gasteiger partial charge in [0.05, 0.1) is 6.10 Å². The number of carbonyl (C=O) groups excluding carboxylic acids is 1. The second-order valence-electron chi connectivity index (χ2n) is 8.13. The van der Waals surface area contributed by atoms with Crippen molar-refractivity contribution in [2.45, 2.75) is 70.8 Å². The lowest BCUT2D eigenvalue weighted by Gasteiger charge is -2.50. The molecule has 0 aromatic rings. The maximum absolute atomic E-state index is 12.4.